The molecule has 0 atom stereocenters. The highest BCUT2D eigenvalue weighted by molar-refractivity contribution is 7.11. The number of rotatable bonds is 5. The molecule has 0 amide bonds. The van der Waals surface area contributed by atoms with Crippen molar-refractivity contribution in [1.82, 2.24) is 4.98 Å². The Morgan fingerprint density at radius 2 is 2.04 bits per heavy atom. The zero-order valence-corrected chi connectivity index (χ0v) is 16.0. The molecule has 0 saturated carbocycles. The lowest BCUT2D eigenvalue weighted by Gasteiger charge is -2.03. The van der Waals surface area contributed by atoms with Crippen LogP contribution >= 0.6 is 11.3 Å². The van der Waals surface area contributed by atoms with Crippen LogP contribution in [0, 0.1) is 19.3 Å². The fraction of sp³-hybridized carbons (Fsp3) is 0.0952. The molecule has 0 aliphatic rings. The van der Waals surface area contributed by atoms with Gasteiger partial charge in [0, 0.05) is 17.2 Å². The van der Waals surface area contributed by atoms with Crippen molar-refractivity contribution in [2.75, 3.05) is 0 Å². The Hall–Kier alpha value is -3.54. The Morgan fingerprint density at radius 3 is 2.71 bits per heavy atom. The fourth-order valence-electron chi connectivity index (χ4n) is 2.68. The number of aliphatic imine (C=N–C) groups is 1. The smallest absolute Gasteiger partial charge is 0.339 e. The van der Waals surface area contributed by atoms with Gasteiger partial charge in [-0.1, -0.05) is 23.8 Å². The molecule has 2 aromatic carbocycles. The van der Waals surface area contributed by atoms with Gasteiger partial charge in [-0.2, -0.15) is 0 Å². The number of nitrogens with one attached hydrogen (secondary N) is 1. The van der Waals surface area contributed by atoms with Crippen LogP contribution < -0.4 is 0 Å². The van der Waals surface area contributed by atoms with Crippen molar-refractivity contribution in [2.45, 2.75) is 13.8 Å². The Labute approximate surface area is 165 Å². The lowest BCUT2D eigenvalue weighted by molar-refractivity contribution is 0.0694. The van der Waals surface area contributed by atoms with Crippen LogP contribution in [0.25, 0.3) is 16.8 Å². The Kier molecular flexibility index (Phi) is 5.49. The zero-order valence-electron chi connectivity index (χ0n) is 15.2. The SMILES string of the molecule is Cc1ccc(-c2csc(C(=C=N)C=Nc3ccc(O)c(C(=O)O)c3)n2)c(C)c1. The van der Waals surface area contributed by atoms with Gasteiger partial charge in [0.1, 0.15) is 16.3 Å². The molecule has 6 nitrogen and oxygen atoms in total. The average molecular weight is 391 g/mol. The highest BCUT2D eigenvalue weighted by Gasteiger charge is 2.12. The lowest BCUT2D eigenvalue weighted by Crippen LogP contribution is -1.96. The van der Waals surface area contributed by atoms with Crippen molar-refractivity contribution < 1.29 is 15.0 Å². The van der Waals surface area contributed by atoms with Crippen LogP contribution in [0.3, 0.4) is 0 Å². The first-order valence-corrected chi connectivity index (χ1v) is 9.20. The standard InChI is InChI=1S/C21H17N3O3S/c1-12-3-5-16(13(2)7-12)18-11-28-20(24-18)14(9-22)10-23-15-4-6-19(25)17(8-15)21(26)27/h3-8,10-11,22,25H,1-2H3,(H,26,27). The molecular weight excluding hydrogens is 374 g/mol. The number of hydrogen-bond acceptors (Lipinski definition) is 6. The first-order chi connectivity index (χ1) is 13.4. The predicted molar refractivity (Wildman–Crippen MR) is 111 cm³/mol. The van der Waals surface area contributed by atoms with Crippen LogP contribution in [0.5, 0.6) is 5.75 Å². The third kappa shape index (κ3) is 4.06. The van der Waals surface area contributed by atoms with Gasteiger partial charge in [-0.05, 0) is 43.5 Å². The number of benzene rings is 2. The highest BCUT2D eigenvalue weighted by atomic mass is 32.1. The molecule has 28 heavy (non-hydrogen) atoms. The van der Waals surface area contributed by atoms with E-state index in [1.807, 2.05) is 31.4 Å². The molecule has 0 fully saturated rings. The highest BCUT2D eigenvalue weighted by Crippen LogP contribution is 2.28. The summed E-state index contributed by atoms with van der Waals surface area (Å²) in [7, 11) is 0. The summed E-state index contributed by atoms with van der Waals surface area (Å²) in [5, 5.41) is 28.7. The number of thiazole rings is 1. The van der Waals surface area contributed by atoms with Crippen molar-refractivity contribution in [2.24, 2.45) is 4.99 Å². The molecular formula is C21H17N3O3S. The molecule has 3 aromatic rings. The second kappa shape index (κ2) is 8.00. The number of aryl methyl sites for hydroxylation is 2. The summed E-state index contributed by atoms with van der Waals surface area (Å²) in [4.78, 5) is 19.9. The maximum absolute atomic E-state index is 11.1. The molecule has 0 bridgehead atoms. The van der Waals surface area contributed by atoms with Gasteiger partial charge in [-0.3, -0.25) is 10.4 Å². The predicted octanol–water partition coefficient (Wildman–Crippen LogP) is 4.87. The zero-order chi connectivity index (χ0) is 20.3. The van der Waals surface area contributed by atoms with E-state index in [1.165, 1.54) is 41.3 Å². The number of aromatic hydroxyl groups is 1. The first kappa shape index (κ1) is 19.2. The Morgan fingerprint density at radius 1 is 1.25 bits per heavy atom. The van der Waals surface area contributed by atoms with Gasteiger partial charge in [0.25, 0.3) is 0 Å². The minimum absolute atomic E-state index is 0.235. The second-order valence-corrected chi connectivity index (χ2v) is 7.02. The molecule has 7 heteroatoms. The number of nitrogens with zero attached hydrogens (tertiary/aromatic N) is 2. The molecule has 3 N–H and O–H groups in total. The van der Waals surface area contributed by atoms with Gasteiger partial charge < -0.3 is 10.2 Å². The number of phenols is 1. The molecule has 1 aromatic heterocycles. The van der Waals surface area contributed by atoms with E-state index < -0.39 is 5.97 Å². The van der Waals surface area contributed by atoms with E-state index in [0.717, 1.165) is 16.8 Å². The third-order valence-corrected chi connectivity index (χ3v) is 4.96. The number of carbonyl (C=O) groups is 1. The van der Waals surface area contributed by atoms with Crippen LogP contribution in [0.4, 0.5) is 5.69 Å². The Balaban J connectivity index is 1.88. The molecule has 140 valence electrons. The van der Waals surface area contributed by atoms with Crippen molar-refractivity contribution in [3.63, 3.8) is 0 Å². The molecule has 0 radical (unpaired) electrons. The van der Waals surface area contributed by atoms with E-state index in [2.05, 4.69) is 21.9 Å². The fourth-order valence-corrected chi connectivity index (χ4v) is 3.46. The molecule has 0 saturated heterocycles. The van der Waals surface area contributed by atoms with Gasteiger partial charge in [0.15, 0.2) is 0 Å². The van der Waals surface area contributed by atoms with E-state index in [1.54, 1.807) is 0 Å². The molecule has 0 unspecified atom stereocenters. The van der Waals surface area contributed by atoms with E-state index in [0.29, 0.717) is 16.3 Å². The molecule has 0 aliphatic carbocycles. The number of aromatic nitrogens is 1. The normalized spacial score (nSPS) is 10.8. The molecule has 0 spiro atoms. The molecule has 3 rings (SSSR count). The summed E-state index contributed by atoms with van der Waals surface area (Å²) in [6.45, 7) is 4.07. The number of carboxylic acid groups (broad SMARTS) is 1. The van der Waals surface area contributed by atoms with Crippen molar-refractivity contribution >= 4 is 40.7 Å². The number of allylic oxidation sites excluding steroid dienone is 1. The number of carboxylic acids is 1. The summed E-state index contributed by atoms with van der Waals surface area (Å²) < 4.78 is 0. The first-order valence-electron chi connectivity index (χ1n) is 8.32. The summed E-state index contributed by atoms with van der Waals surface area (Å²) in [6.07, 6.45) is 1.41. The number of aromatic carboxylic acids is 1. The topological polar surface area (TPSA) is 107 Å². The minimum atomic E-state index is -1.24. The van der Waals surface area contributed by atoms with Gasteiger partial charge >= 0.3 is 5.97 Å². The summed E-state index contributed by atoms with van der Waals surface area (Å²) in [6, 6.07) is 10.2. The largest absolute Gasteiger partial charge is 0.507 e. The lowest BCUT2D eigenvalue weighted by atomic mass is 10.0. The minimum Gasteiger partial charge on any atom is -0.507 e. The van der Waals surface area contributed by atoms with Crippen molar-refractivity contribution in [3.05, 3.63) is 63.5 Å². The third-order valence-electron chi connectivity index (χ3n) is 4.08. The van der Waals surface area contributed by atoms with Gasteiger partial charge in [-0.15, -0.1) is 11.3 Å². The monoisotopic (exact) mass is 391 g/mol. The van der Waals surface area contributed by atoms with E-state index in [4.69, 9.17) is 10.5 Å². The summed E-state index contributed by atoms with van der Waals surface area (Å²) in [5.74, 6) is 0.759. The van der Waals surface area contributed by atoms with Gasteiger partial charge in [0.2, 0.25) is 0 Å². The van der Waals surface area contributed by atoms with Crippen molar-refractivity contribution in [1.29, 1.82) is 5.41 Å². The van der Waals surface area contributed by atoms with E-state index in [-0.39, 0.29) is 11.3 Å². The Bertz CT molecular complexity index is 1140. The van der Waals surface area contributed by atoms with Crippen LogP contribution in [0.15, 0.2) is 46.8 Å². The molecule has 0 aliphatic heterocycles. The van der Waals surface area contributed by atoms with Gasteiger partial charge in [0.05, 0.1) is 17.0 Å². The van der Waals surface area contributed by atoms with Crippen LogP contribution in [0.2, 0.25) is 0 Å². The quantitative estimate of drug-likeness (QED) is 0.540. The number of hydrogen-bond donors (Lipinski definition) is 3. The van der Waals surface area contributed by atoms with Crippen LogP contribution in [-0.2, 0) is 0 Å². The summed E-state index contributed by atoms with van der Waals surface area (Å²) in [5.41, 5.74) is 4.63. The average Bonchev–Trinajstić information content (AvgIpc) is 3.13. The van der Waals surface area contributed by atoms with Crippen molar-refractivity contribution in [3.8, 4) is 17.0 Å². The van der Waals surface area contributed by atoms with Crippen LogP contribution in [0.1, 0.15) is 26.5 Å². The van der Waals surface area contributed by atoms with E-state index in [9.17, 15) is 9.90 Å². The second-order valence-electron chi connectivity index (χ2n) is 6.16. The van der Waals surface area contributed by atoms with Crippen LogP contribution in [-0.4, -0.2) is 33.3 Å². The summed E-state index contributed by atoms with van der Waals surface area (Å²) >= 11 is 1.38. The van der Waals surface area contributed by atoms with E-state index >= 15 is 0 Å². The maximum Gasteiger partial charge on any atom is 0.339 e. The maximum atomic E-state index is 11.1. The molecule has 1 heterocycles. The van der Waals surface area contributed by atoms with Gasteiger partial charge in [-0.25, -0.2) is 9.78 Å².